The van der Waals surface area contributed by atoms with Crippen LogP contribution < -0.4 is 14.4 Å². The molecular formula is C23H23Cl2N3O5. The summed E-state index contributed by atoms with van der Waals surface area (Å²) in [5.74, 6) is 1.26. The number of hydrogen-bond donors (Lipinski definition) is 1. The van der Waals surface area contributed by atoms with Gasteiger partial charge in [0.2, 0.25) is 0 Å². The molecule has 0 saturated carbocycles. The molecule has 0 bridgehead atoms. The van der Waals surface area contributed by atoms with Gasteiger partial charge in [0.05, 0.1) is 42.6 Å². The van der Waals surface area contributed by atoms with Gasteiger partial charge in [-0.05, 0) is 42.5 Å². The molecule has 1 fully saturated rings. The number of methoxy groups -OCH3 is 1. The standard InChI is InChI=1S/C23H23Cl2N3O5/c1-31-21-5-2-15(12-22(21)33-17-7-11-32-14-17)20-6-8-26-28(20)10-9-27(23(29)30)16-3-4-18(24)19(25)13-16/h2-6,8,12-13,17H,7,9-11,14H2,1H3,(H,29,30)/t17-/m1/s1. The van der Waals surface area contributed by atoms with Gasteiger partial charge in [-0.15, -0.1) is 0 Å². The summed E-state index contributed by atoms with van der Waals surface area (Å²) >= 11 is 12.0. The summed E-state index contributed by atoms with van der Waals surface area (Å²) < 4.78 is 18.7. The van der Waals surface area contributed by atoms with Crippen LogP contribution in [0.1, 0.15) is 6.42 Å². The Hall–Kier alpha value is -2.94. The Balaban J connectivity index is 1.54. The van der Waals surface area contributed by atoms with E-state index in [1.165, 1.54) is 11.0 Å². The SMILES string of the molecule is COc1ccc(-c2ccnn2CCN(C(=O)O)c2ccc(Cl)c(Cl)c2)cc1O[C@@H]1CCOC1. The fourth-order valence-electron chi connectivity index (χ4n) is 3.65. The lowest BCUT2D eigenvalue weighted by Gasteiger charge is -2.20. The number of ether oxygens (including phenoxy) is 3. The maximum absolute atomic E-state index is 11.9. The van der Waals surface area contributed by atoms with Crippen LogP contribution in [0.4, 0.5) is 10.5 Å². The van der Waals surface area contributed by atoms with E-state index in [1.807, 2.05) is 24.3 Å². The van der Waals surface area contributed by atoms with E-state index in [9.17, 15) is 9.90 Å². The van der Waals surface area contributed by atoms with E-state index in [0.29, 0.717) is 47.0 Å². The zero-order valence-corrected chi connectivity index (χ0v) is 19.4. The van der Waals surface area contributed by atoms with Crippen molar-refractivity contribution in [2.45, 2.75) is 19.1 Å². The highest BCUT2D eigenvalue weighted by Gasteiger charge is 2.21. The Bertz CT molecular complexity index is 1130. The smallest absolute Gasteiger partial charge is 0.411 e. The number of carboxylic acid groups (broad SMARTS) is 1. The van der Waals surface area contributed by atoms with E-state index < -0.39 is 6.09 Å². The monoisotopic (exact) mass is 491 g/mol. The molecule has 0 spiro atoms. The van der Waals surface area contributed by atoms with Crippen LogP contribution in [0.2, 0.25) is 10.0 Å². The van der Waals surface area contributed by atoms with Gasteiger partial charge in [-0.25, -0.2) is 4.79 Å². The van der Waals surface area contributed by atoms with E-state index >= 15 is 0 Å². The normalized spacial score (nSPS) is 15.4. The Morgan fingerprint density at radius 2 is 2.06 bits per heavy atom. The lowest BCUT2D eigenvalue weighted by molar-refractivity contribution is 0.138. The Labute approximate surface area is 201 Å². The number of rotatable bonds is 8. The number of carbonyl (C=O) groups is 1. The quantitative estimate of drug-likeness (QED) is 0.464. The minimum Gasteiger partial charge on any atom is -0.493 e. The third-order valence-corrected chi connectivity index (χ3v) is 6.08. The van der Waals surface area contributed by atoms with Gasteiger partial charge >= 0.3 is 6.09 Å². The summed E-state index contributed by atoms with van der Waals surface area (Å²) in [6.07, 6.45) is 1.38. The molecule has 1 atom stereocenters. The van der Waals surface area contributed by atoms with Crippen molar-refractivity contribution in [1.29, 1.82) is 0 Å². The van der Waals surface area contributed by atoms with Gasteiger partial charge in [0.25, 0.3) is 0 Å². The molecule has 2 aromatic carbocycles. The summed E-state index contributed by atoms with van der Waals surface area (Å²) in [4.78, 5) is 13.1. The summed E-state index contributed by atoms with van der Waals surface area (Å²) in [5, 5.41) is 14.7. The summed E-state index contributed by atoms with van der Waals surface area (Å²) in [7, 11) is 1.60. The van der Waals surface area contributed by atoms with Crippen molar-refractivity contribution in [3.8, 4) is 22.8 Å². The van der Waals surface area contributed by atoms with E-state index in [4.69, 9.17) is 37.4 Å². The van der Waals surface area contributed by atoms with Crippen LogP contribution in [0.15, 0.2) is 48.7 Å². The van der Waals surface area contributed by atoms with Crippen molar-refractivity contribution < 1.29 is 24.1 Å². The minimum absolute atomic E-state index is 0.0191. The van der Waals surface area contributed by atoms with Gasteiger partial charge in [0.15, 0.2) is 11.5 Å². The highest BCUT2D eigenvalue weighted by Crippen LogP contribution is 2.34. The molecule has 1 aliphatic rings. The van der Waals surface area contributed by atoms with Crippen LogP contribution in [-0.4, -0.2) is 54.0 Å². The molecule has 1 amide bonds. The molecule has 1 saturated heterocycles. The first-order chi connectivity index (χ1) is 16.0. The van der Waals surface area contributed by atoms with Crippen LogP contribution in [0, 0.1) is 0 Å². The average molecular weight is 492 g/mol. The van der Waals surface area contributed by atoms with Gasteiger partial charge in [0.1, 0.15) is 6.10 Å². The molecule has 1 aliphatic heterocycles. The molecule has 174 valence electrons. The number of aromatic nitrogens is 2. The molecule has 4 rings (SSSR count). The highest BCUT2D eigenvalue weighted by molar-refractivity contribution is 6.42. The van der Waals surface area contributed by atoms with E-state index in [0.717, 1.165) is 17.7 Å². The first kappa shape index (κ1) is 23.2. The molecule has 1 aromatic heterocycles. The zero-order chi connectivity index (χ0) is 23.4. The van der Waals surface area contributed by atoms with Crippen LogP contribution >= 0.6 is 23.2 Å². The molecule has 0 unspecified atom stereocenters. The predicted molar refractivity (Wildman–Crippen MR) is 126 cm³/mol. The number of anilines is 1. The Kier molecular flexibility index (Phi) is 7.27. The third kappa shape index (κ3) is 5.35. The van der Waals surface area contributed by atoms with E-state index in [2.05, 4.69) is 5.10 Å². The lowest BCUT2D eigenvalue weighted by atomic mass is 10.1. The molecule has 8 nitrogen and oxygen atoms in total. The zero-order valence-electron chi connectivity index (χ0n) is 17.9. The topological polar surface area (TPSA) is 86.1 Å². The molecule has 0 radical (unpaired) electrons. The fraction of sp³-hybridized carbons (Fsp3) is 0.304. The van der Waals surface area contributed by atoms with Crippen LogP contribution in [0.5, 0.6) is 11.5 Å². The first-order valence-corrected chi connectivity index (χ1v) is 11.1. The predicted octanol–water partition coefficient (Wildman–Crippen LogP) is 5.22. The number of hydrogen-bond acceptors (Lipinski definition) is 5. The van der Waals surface area contributed by atoms with E-state index in [1.54, 1.807) is 30.1 Å². The van der Waals surface area contributed by atoms with Gasteiger partial charge in [-0.1, -0.05) is 23.2 Å². The van der Waals surface area contributed by atoms with Crippen LogP contribution in [-0.2, 0) is 11.3 Å². The molecule has 33 heavy (non-hydrogen) atoms. The number of nitrogens with zero attached hydrogens (tertiary/aromatic N) is 3. The van der Waals surface area contributed by atoms with Crippen molar-refractivity contribution in [3.63, 3.8) is 0 Å². The highest BCUT2D eigenvalue weighted by atomic mass is 35.5. The van der Waals surface area contributed by atoms with Gasteiger partial charge in [-0.3, -0.25) is 9.58 Å². The van der Waals surface area contributed by atoms with Crippen LogP contribution in [0.25, 0.3) is 11.3 Å². The molecule has 2 heterocycles. The molecule has 3 aromatic rings. The maximum atomic E-state index is 11.9. The molecule has 10 heteroatoms. The second-order valence-electron chi connectivity index (χ2n) is 7.44. The van der Waals surface area contributed by atoms with E-state index in [-0.39, 0.29) is 12.6 Å². The van der Waals surface area contributed by atoms with Crippen molar-refractivity contribution >= 4 is 35.0 Å². The van der Waals surface area contributed by atoms with Crippen molar-refractivity contribution in [1.82, 2.24) is 9.78 Å². The van der Waals surface area contributed by atoms with Crippen LogP contribution in [0.3, 0.4) is 0 Å². The summed E-state index contributed by atoms with van der Waals surface area (Å²) in [5.41, 5.74) is 2.13. The summed E-state index contributed by atoms with van der Waals surface area (Å²) in [6, 6.07) is 12.2. The second-order valence-corrected chi connectivity index (χ2v) is 8.26. The van der Waals surface area contributed by atoms with Gasteiger partial charge < -0.3 is 19.3 Å². The maximum Gasteiger partial charge on any atom is 0.411 e. The fourth-order valence-corrected chi connectivity index (χ4v) is 3.94. The number of halogens is 2. The number of amides is 1. The second kappa shape index (κ2) is 10.3. The van der Waals surface area contributed by atoms with Gasteiger partial charge in [-0.2, -0.15) is 5.10 Å². The molecule has 0 aliphatic carbocycles. The van der Waals surface area contributed by atoms with Crippen molar-refractivity contribution in [2.24, 2.45) is 0 Å². The molecule has 1 N–H and O–H groups in total. The van der Waals surface area contributed by atoms with Crippen molar-refractivity contribution in [3.05, 3.63) is 58.7 Å². The largest absolute Gasteiger partial charge is 0.493 e. The Morgan fingerprint density at radius 3 is 2.76 bits per heavy atom. The third-order valence-electron chi connectivity index (χ3n) is 5.34. The lowest BCUT2D eigenvalue weighted by Crippen LogP contribution is -2.32. The molecular weight excluding hydrogens is 469 g/mol. The first-order valence-electron chi connectivity index (χ1n) is 10.4. The summed E-state index contributed by atoms with van der Waals surface area (Å²) in [6.45, 7) is 1.72. The Morgan fingerprint density at radius 1 is 1.21 bits per heavy atom. The average Bonchev–Trinajstić information content (AvgIpc) is 3.48. The van der Waals surface area contributed by atoms with Crippen molar-refractivity contribution in [2.75, 3.05) is 31.8 Å². The number of benzene rings is 2. The minimum atomic E-state index is -1.10. The van der Waals surface area contributed by atoms with Gasteiger partial charge in [0, 0.05) is 30.4 Å².